The summed E-state index contributed by atoms with van der Waals surface area (Å²) in [7, 11) is 0. The van der Waals surface area contributed by atoms with Crippen molar-refractivity contribution >= 4 is 17.2 Å². The summed E-state index contributed by atoms with van der Waals surface area (Å²) in [6.07, 6.45) is 2.87. The number of morpholine rings is 1. The van der Waals surface area contributed by atoms with E-state index >= 15 is 0 Å². The van der Waals surface area contributed by atoms with Crippen LogP contribution in [0.1, 0.15) is 18.4 Å². The molecule has 2 aliphatic rings. The standard InChI is InChI=1S/C14H20N4OS/c1-2-11-9-16-13(14-15-3-8-20-14)17-12(11)10-18-4-6-19-7-5-18/h3,8H,2,4-7,9-10H2,1H3,(H,16,17). The van der Waals surface area contributed by atoms with Gasteiger partial charge in [0.05, 0.1) is 19.8 Å². The molecule has 0 saturated carbocycles. The third kappa shape index (κ3) is 3.08. The molecule has 0 atom stereocenters. The first-order chi connectivity index (χ1) is 9.86. The second-order valence-corrected chi connectivity index (χ2v) is 5.85. The Morgan fingerprint density at radius 2 is 2.25 bits per heavy atom. The largest absolute Gasteiger partial charge is 0.379 e. The van der Waals surface area contributed by atoms with Gasteiger partial charge in [-0.05, 0) is 12.0 Å². The van der Waals surface area contributed by atoms with Crippen LogP contribution in [-0.2, 0) is 4.74 Å². The van der Waals surface area contributed by atoms with Crippen LogP contribution >= 0.6 is 11.3 Å². The van der Waals surface area contributed by atoms with Gasteiger partial charge in [-0.1, -0.05) is 6.92 Å². The Labute approximate surface area is 123 Å². The Hall–Kier alpha value is -1.24. The molecule has 1 N–H and O–H groups in total. The number of hydrogen-bond acceptors (Lipinski definition) is 6. The van der Waals surface area contributed by atoms with E-state index in [-0.39, 0.29) is 0 Å². The highest BCUT2D eigenvalue weighted by molar-refractivity contribution is 7.11. The van der Waals surface area contributed by atoms with Gasteiger partial charge in [-0.2, -0.15) is 0 Å². The van der Waals surface area contributed by atoms with Crippen LogP contribution in [0, 0.1) is 0 Å². The minimum absolute atomic E-state index is 0.790. The molecule has 5 nitrogen and oxygen atoms in total. The normalized spacial score (nSPS) is 20.8. The molecule has 1 saturated heterocycles. The Balaban J connectivity index is 1.71. The molecule has 20 heavy (non-hydrogen) atoms. The van der Waals surface area contributed by atoms with Gasteiger partial charge >= 0.3 is 0 Å². The van der Waals surface area contributed by atoms with E-state index in [2.05, 4.69) is 27.1 Å². The van der Waals surface area contributed by atoms with Crippen molar-refractivity contribution in [3.8, 4) is 0 Å². The Kier molecular flexibility index (Phi) is 4.44. The van der Waals surface area contributed by atoms with Gasteiger partial charge < -0.3 is 10.1 Å². The molecular formula is C14H20N4OS. The number of nitrogens with zero attached hydrogens (tertiary/aromatic N) is 3. The van der Waals surface area contributed by atoms with E-state index in [0.29, 0.717) is 0 Å². The van der Waals surface area contributed by atoms with Crippen LogP contribution in [0.15, 0.2) is 27.8 Å². The number of nitrogens with one attached hydrogen (secondary N) is 1. The van der Waals surface area contributed by atoms with Gasteiger partial charge in [0, 0.05) is 36.9 Å². The van der Waals surface area contributed by atoms with Crippen LogP contribution in [-0.4, -0.2) is 55.1 Å². The van der Waals surface area contributed by atoms with Gasteiger partial charge in [-0.3, -0.25) is 9.89 Å². The number of amidine groups is 1. The van der Waals surface area contributed by atoms with Gasteiger partial charge in [0.2, 0.25) is 0 Å². The predicted octanol–water partition coefficient (Wildman–Crippen LogP) is 1.49. The van der Waals surface area contributed by atoms with Crippen molar-refractivity contribution in [2.75, 3.05) is 39.4 Å². The Morgan fingerprint density at radius 3 is 2.95 bits per heavy atom. The van der Waals surface area contributed by atoms with E-state index in [1.165, 1.54) is 11.3 Å². The lowest BCUT2D eigenvalue weighted by Crippen LogP contribution is -2.42. The van der Waals surface area contributed by atoms with Crippen molar-refractivity contribution in [2.45, 2.75) is 13.3 Å². The molecule has 0 unspecified atom stereocenters. The highest BCUT2D eigenvalue weighted by Gasteiger charge is 2.20. The number of aliphatic imine (C=N–C) groups is 1. The SMILES string of the molecule is CCC1=C(CN2CCOCC2)NC(c2nccs2)=NC1. The molecule has 1 aromatic heterocycles. The fourth-order valence-corrected chi connectivity index (χ4v) is 3.06. The summed E-state index contributed by atoms with van der Waals surface area (Å²) in [6, 6.07) is 0. The lowest BCUT2D eigenvalue weighted by molar-refractivity contribution is 0.0417. The molecule has 0 spiro atoms. The van der Waals surface area contributed by atoms with Gasteiger partial charge in [-0.15, -0.1) is 11.3 Å². The zero-order valence-corrected chi connectivity index (χ0v) is 12.6. The fraction of sp³-hybridized carbons (Fsp3) is 0.571. The smallest absolute Gasteiger partial charge is 0.162 e. The summed E-state index contributed by atoms with van der Waals surface area (Å²) in [6.45, 7) is 7.62. The average molecular weight is 292 g/mol. The first kappa shape index (κ1) is 13.7. The van der Waals surface area contributed by atoms with Crippen molar-refractivity contribution in [3.05, 3.63) is 27.9 Å². The quantitative estimate of drug-likeness (QED) is 0.913. The lowest BCUT2D eigenvalue weighted by Gasteiger charge is -2.30. The zero-order chi connectivity index (χ0) is 13.8. The first-order valence-corrected chi connectivity index (χ1v) is 7.97. The molecule has 108 valence electrons. The maximum atomic E-state index is 5.41. The van der Waals surface area contributed by atoms with Crippen LogP contribution in [0.2, 0.25) is 0 Å². The topological polar surface area (TPSA) is 49.8 Å². The zero-order valence-electron chi connectivity index (χ0n) is 11.8. The molecule has 3 heterocycles. The number of thiazole rings is 1. The predicted molar refractivity (Wildman–Crippen MR) is 81.2 cm³/mol. The van der Waals surface area contributed by atoms with Crippen molar-refractivity contribution in [1.29, 1.82) is 0 Å². The Morgan fingerprint density at radius 1 is 1.40 bits per heavy atom. The number of hydrogen-bond donors (Lipinski definition) is 1. The van der Waals surface area contributed by atoms with E-state index in [1.54, 1.807) is 11.3 Å². The lowest BCUT2D eigenvalue weighted by atomic mass is 10.1. The number of rotatable bonds is 4. The molecular weight excluding hydrogens is 272 g/mol. The maximum absolute atomic E-state index is 5.41. The second-order valence-electron chi connectivity index (χ2n) is 4.95. The molecule has 0 amide bonds. The summed E-state index contributed by atoms with van der Waals surface area (Å²) < 4.78 is 5.41. The maximum Gasteiger partial charge on any atom is 0.162 e. The van der Waals surface area contributed by atoms with E-state index in [1.807, 2.05) is 11.6 Å². The molecule has 0 radical (unpaired) electrons. The van der Waals surface area contributed by atoms with Crippen molar-refractivity contribution in [1.82, 2.24) is 15.2 Å². The fourth-order valence-electron chi connectivity index (χ4n) is 2.46. The van der Waals surface area contributed by atoms with Gasteiger partial charge in [-0.25, -0.2) is 4.98 Å². The van der Waals surface area contributed by atoms with Crippen molar-refractivity contribution in [3.63, 3.8) is 0 Å². The van der Waals surface area contributed by atoms with Crippen LogP contribution < -0.4 is 5.32 Å². The van der Waals surface area contributed by atoms with Crippen LogP contribution in [0.25, 0.3) is 0 Å². The van der Waals surface area contributed by atoms with E-state index in [0.717, 1.165) is 56.7 Å². The highest BCUT2D eigenvalue weighted by atomic mass is 32.1. The minimum Gasteiger partial charge on any atom is -0.379 e. The molecule has 0 aromatic carbocycles. The minimum atomic E-state index is 0.790. The Bertz CT molecular complexity index is 503. The molecule has 0 bridgehead atoms. The van der Waals surface area contributed by atoms with E-state index in [4.69, 9.17) is 4.74 Å². The monoisotopic (exact) mass is 292 g/mol. The highest BCUT2D eigenvalue weighted by Crippen LogP contribution is 2.17. The first-order valence-electron chi connectivity index (χ1n) is 7.09. The molecule has 1 aromatic rings. The molecule has 3 rings (SSSR count). The van der Waals surface area contributed by atoms with Crippen molar-refractivity contribution in [2.24, 2.45) is 4.99 Å². The van der Waals surface area contributed by atoms with E-state index in [9.17, 15) is 0 Å². The van der Waals surface area contributed by atoms with Crippen LogP contribution in [0.5, 0.6) is 0 Å². The summed E-state index contributed by atoms with van der Waals surface area (Å²) in [5.41, 5.74) is 2.70. The van der Waals surface area contributed by atoms with Crippen LogP contribution in [0.4, 0.5) is 0 Å². The third-order valence-electron chi connectivity index (χ3n) is 3.67. The van der Waals surface area contributed by atoms with Crippen molar-refractivity contribution < 1.29 is 4.74 Å². The molecule has 0 aliphatic carbocycles. The van der Waals surface area contributed by atoms with E-state index < -0.39 is 0 Å². The van der Waals surface area contributed by atoms with Crippen LogP contribution in [0.3, 0.4) is 0 Å². The molecule has 1 fully saturated rings. The summed E-state index contributed by atoms with van der Waals surface area (Å²) >= 11 is 1.63. The van der Waals surface area contributed by atoms with Gasteiger partial charge in [0.25, 0.3) is 0 Å². The van der Waals surface area contributed by atoms with Gasteiger partial charge in [0.15, 0.2) is 10.8 Å². The summed E-state index contributed by atoms with van der Waals surface area (Å²) in [5.74, 6) is 0.917. The summed E-state index contributed by atoms with van der Waals surface area (Å²) in [4.78, 5) is 11.4. The molecule has 6 heteroatoms. The summed E-state index contributed by atoms with van der Waals surface area (Å²) in [5, 5.41) is 6.46. The third-order valence-corrected chi connectivity index (χ3v) is 4.45. The second kappa shape index (κ2) is 6.47. The molecule has 2 aliphatic heterocycles. The number of aromatic nitrogens is 1. The number of ether oxygens (including phenoxy) is 1. The van der Waals surface area contributed by atoms with Gasteiger partial charge in [0.1, 0.15) is 0 Å². The average Bonchev–Trinajstić information content (AvgIpc) is 3.02.